The van der Waals surface area contributed by atoms with Gasteiger partial charge in [-0.3, -0.25) is 9.47 Å². The number of nitrogens with one attached hydrogen (secondary N) is 1. The number of imidazole rings is 1. The topological polar surface area (TPSA) is 50.3 Å². The zero-order chi connectivity index (χ0) is 14.7. The Balaban J connectivity index is 1.59. The Kier molecular flexibility index (Phi) is 4.17. The molecule has 1 aliphatic rings. The highest BCUT2D eigenvalue weighted by atomic mass is 19.1. The van der Waals surface area contributed by atoms with Gasteiger partial charge in [0.25, 0.3) is 0 Å². The highest BCUT2D eigenvalue weighted by Crippen LogP contribution is 2.22. The lowest BCUT2D eigenvalue weighted by Gasteiger charge is -2.33. The molecule has 2 heterocycles. The number of morpholine rings is 1. The van der Waals surface area contributed by atoms with Gasteiger partial charge < -0.3 is 9.72 Å². The highest BCUT2D eigenvalue weighted by molar-refractivity contribution is 5.19. The molecule has 1 N–H and O–H groups in total. The van der Waals surface area contributed by atoms with Crippen molar-refractivity contribution in [2.75, 3.05) is 26.2 Å². The van der Waals surface area contributed by atoms with Crippen molar-refractivity contribution in [3.05, 3.63) is 58.5 Å². The monoisotopic (exact) mass is 291 g/mol. The van der Waals surface area contributed by atoms with Crippen molar-refractivity contribution >= 4 is 0 Å². The Hall–Kier alpha value is -1.92. The van der Waals surface area contributed by atoms with Crippen LogP contribution >= 0.6 is 0 Å². The summed E-state index contributed by atoms with van der Waals surface area (Å²) in [4.78, 5) is 16.3. The van der Waals surface area contributed by atoms with Crippen LogP contribution in [0.3, 0.4) is 0 Å². The van der Waals surface area contributed by atoms with Gasteiger partial charge in [-0.2, -0.15) is 0 Å². The van der Waals surface area contributed by atoms with Crippen LogP contribution in [0.5, 0.6) is 0 Å². The summed E-state index contributed by atoms with van der Waals surface area (Å²) in [5.74, 6) is -0.238. The molecule has 0 radical (unpaired) electrons. The van der Waals surface area contributed by atoms with E-state index < -0.39 is 0 Å². The molecule has 1 unspecified atom stereocenters. The smallest absolute Gasteiger partial charge is 0.325 e. The standard InChI is InChI=1S/C15H18FN3O2/c16-13-3-1-12(2-4-13)14-11-18(9-10-21-14)7-8-19-6-5-17-15(19)20/h1-6,14H,7-11H2,(H,17,20). The molecule has 1 atom stereocenters. The van der Waals surface area contributed by atoms with Gasteiger partial charge in [-0.1, -0.05) is 12.1 Å². The zero-order valence-electron chi connectivity index (χ0n) is 11.7. The molecule has 1 aromatic heterocycles. The molecule has 5 nitrogen and oxygen atoms in total. The van der Waals surface area contributed by atoms with Crippen LogP contribution in [0, 0.1) is 5.82 Å². The Morgan fingerprint density at radius 1 is 1.29 bits per heavy atom. The van der Waals surface area contributed by atoms with Crippen LogP contribution in [0.4, 0.5) is 4.39 Å². The highest BCUT2D eigenvalue weighted by Gasteiger charge is 2.21. The Morgan fingerprint density at radius 3 is 2.81 bits per heavy atom. The van der Waals surface area contributed by atoms with Gasteiger partial charge in [-0.05, 0) is 17.7 Å². The van der Waals surface area contributed by atoms with Crippen molar-refractivity contribution in [1.29, 1.82) is 0 Å². The average molecular weight is 291 g/mol. The minimum absolute atomic E-state index is 0.0395. The molecule has 112 valence electrons. The minimum atomic E-state index is -0.238. The molecular weight excluding hydrogens is 273 g/mol. The van der Waals surface area contributed by atoms with E-state index in [1.165, 1.54) is 12.1 Å². The van der Waals surface area contributed by atoms with Gasteiger partial charge in [0.2, 0.25) is 0 Å². The van der Waals surface area contributed by atoms with Gasteiger partial charge in [0.15, 0.2) is 0 Å². The quantitative estimate of drug-likeness (QED) is 0.926. The fraction of sp³-hybridized carbons (Fsp3) is 0.400. The molecule has 2 aromatic rings. The van der Waals surface area contributed by atoms with Crippen LogP contribution in [0.15, 0.2) is 41.5 Å². The summed E-state index contributed by atoms with van der Waals surface area (Å²) in [7, 11) is 0. The van der Waals surface area contributed by atoms with Crippen LogP contribution in [0.1, 0.15) is 11.7 Å². The van der Waals surface area contributed by atoms with Crippen molar-refractivity contribution in [3.63, 3.8) is 0 Å². The van der Waals surface area contributed by atoms with E-state index >= 15 is 0 Å². The number of aromatic amines is 1. The number of benzene rings is 1. The summed E-state index contributed by atoms with van der Waals surface area (Å²) >= 11 is 0. The zero-order valence-corrected chi connectivity index (χ0v) is 11.7. The predicted octanol–water partition coefficient (Wildman–Crippen LogP) is 1.39. The van der Waals surface area contributed by atoms with E-state index in [-0.39, 0.29) is 17.6 Å². The first-order valence-corrected chi connectivity index (χ1v) is 7.05. The molecule has 0 spiro atoms. The summed E-state index contributed by atoms with van der Waals surface area (Å²) in [6, 6.07) is 6.44. The van der Waals surface area contributed by atoms with E-state index in [2.05, 4.69) is 9.88 Å². The Labute approximate surface area is 122 Å². The van der Waals surface area contributed by atoms with Gasteiger partial charge in [0.05, 0.1) is 12.7 Å². The fourth-order valence-corrected chi connectivity index (χ4v) is 2.56. The maximum absolute atomic E-state index is 13.0. The summed E-state index contributed by atoms with van der Waals surface area (Å²) in [5, 5.41) is 0. The number of rotatable bonds is 4. The average Bonchev–Trinajstić information content (AvgIpc) is 2.91. The van der Waals surface area contributed by atoms with E-state index in [4.69, 9.17) is 4.74 Å². The third kappa shape index (κ3) is 3.40. The predicted molar refractivity (Wildman–Crippen MR) is 76.6 cm³/mol. The minimum Gasteiger partial charge on any atom is -0.371 e. The Bertz CT molecular complexity index is 635. The molecule has 1 saturated heterocycles. The van der Waals surface area contributed by atoms with Crippen LogP contribution in [-0.2, 0) is 11.3 Å². The molecule has 0 bridgehead atoms. The van der Waals surface area contributed by atoms with Gasteiger partial charge in [-0.15, -0.1) is 0 Å². The van der Waals surface area contributed by atoms with E-state index in [0.717, 1.165) is 25.2 Å². The lowest BCUT2D eigenvalue weighted by molar-refractivity contribution is -0.0309. The normalized spacial score (nSPS) is 19.8. The molecule has 0 aliphatic carbocycles. The number of ether oxygens (including phenoxy) is 1. The second-order valence-electron chi connectivity index (χ2n) is 5.17. The molecule has 3 rings (SSSR count). The number of hydrogen-bond acceptors (Lipinski definition) is 3. The van der Waals surface area contributed by atoms with Crippen LogP contribution in [0.2, 0.25) is 0 Å². The SMILES string of the molecule is O=c1[nH]ccn1CCN1CCOC(c2ccc(F)cc2)C1. The number of nitrogens with zero attached hydrogens (tertiary/aromatic N) is 2. The fourth-order valence-electron chi connectivity index (χ4n) is 2.56. The molecule has 0 saturated carbocycles. The molecule has 6 heteroatoms. The van der Waals surface area contributed by atoms with Crippen molar-refractivity contribution in [3.8, 4) is 0 Å². The first-order chi connectivity index (χ1) is 10.2. The molecule has 1 aromatic carbocycles. The second kappa shape index (κ2) is 6.24. The van der Waals surface area contributed by atoms with Crippen LogP contribution < -0.4 is 5.69 Å². The van der Waals surface area contributed by atoms with E-state index in [1.807, 2.05) is 0 Å². The molecule has 1 fully saturated rings. The lowest BCUT2D eigenvalue weighted by Crippen LogP contribution is -2.40. The largest absolute Gasteiger partial charge is 0.371 e. The number of halogens is 1. The Morgan fingerprint density at radius 2 is 2.10 bits per heavy atom. The number of aromatic nitrogens is 2. The maximum Gasteiger partial charge on any atom is 0.325 e. The van der Waals surface area contributed by atoms with Crippen molar-refractivity contribution in [2.45, 2.75) is 12.6 Å². The van der Waals surface area contributed by atoms with E-state index in [9.17, 15) is 9.18 Å². The third-order valence-electron chi connectivity index (χ3n) is 3.77. The number of H-pyrrole nitrogens is 1. The van der Waals surface area contributed by atoms with Crippen molar-refractivity contribution in [1.82, 2.24) is 14.5 Å². The summed E-state index contributed by atoms with van der Waals surface area (Å²) in [6.07, 6.45) is 3.35. The summed E-state index contributed by atoms with van der Waals surface area (Å²) < 4.78 is 20.4. The first kappa shape index (κ1) is 14.0. The molecule has 0 amide bonds. The molecular formula is C15H18FN3O2. The van der Waals surface area contributed by atoms with Gasteiger partial charge >= 0.3 is 5.69 Å². The van der Waals surface area contributed by atoms with Crippen molar-refractivity contribution in [2.24, 2.45) is 0 Å². The van der Waals surface area contributed by atoms with E-state index in [1.54, 1.807) is 29.1 Å². The summed E-state index contributed by atoms with van der Waals surface area (Å²) in [6.45, 7) is 3.68. The second-order valence-corrected chi connectivity index (χ2v) is 5.17. The van der Waals surface area contributed by atoms with E-state index in [0.29, 0.717) is 13.2 Å². The van der Waals surface area contributed by atoms with Crippen molar-refractivity contribution < 1.29 is 9.13 Å². The van der Waals surface area contributed by atoms with Crippen LogP contribution in [-0.4, -0.2) is 40.7 Å². The lowest BCUT2D eigenvalue weighted by atomic mass is 10.1. The first-order valence-electron chi connectivity index (χ1n) is 7.05. The third-order valence-corrected chi connectivity index (χ3v) is 3.77. The van der Waals surface area contributed by atoms with Gasteiger partial charge in [-0.25, -0.2) is 9.18 Å². The van der Waals surface area contributed by atoms with Gasteiger partial charge in [0, 0.05) is 38.6 Å². The maximum atomic E-state index is 13.0. The summed E-state index contributed by atoms with van der Waals surface area (Å²) in [5.41, 5.74) is 0.901. The van der Waals surface area contributed by atoms with Crippen LogP contribution in [0.25, 0.3) is 0 Å². The molecule has 21 heavy (non-hydrogen) atoms. The van der Waals surface area contributed by atoms with Gasteiger partial charge in [0.1, 0.15) is 5.82 Å². The number of hydrogen-bond donors (Lipinski definition) is 1. The molecule has 1 aliphatic heterocycles.